The summed E-state index contributed by atoms with van der Waals surface area (Å²) < 4.78 is 38.1. The van der Waals surface area contributed by atoms with Gasteiger partial charge in [-0.1, -0.05) is 17.3 Å². The number of ether oxygens (including phenoxy) is 1. The lowest BCUT2D eigenvalue weighted by Gasteiger charge is -2.09. The highest BCUT2D eigenvalue weighted by Gasteiger charge is 2.24. The lowest BCUT2D eigenvalue weighted by Crippen LogP contribution is -2.14. The van der Waals surface area contributed by atoms with Gasteiger partial charge in [0, 0.05) is 5.69 Å². The van der Waals surface area contributed by atoms with Crippen molar-refractivity contribution in [3.8, 4) is 11.5 Å². The fourth-order valence-electron chi connectivity index (χ4n) is 2.47. The van der Waals surface area contributed by atoms with E-state index in [2.05, 4.69) is 9.88 Å². The number of hydrogen-bond acceptors (Lipinski definition) is 5. The van der Waals surface area contributed by atoms with Crippen molar-refractivity contribution >= 4 is 15.7 Å². The number of sulfonamides is 1. The van der Waals surface area contributed by atoms with Gasteiger partial charge in [-0.15, -0.1) is 0 Å². The molecule has 130 valence electrons. The predicted octanol–water partition coefficient (Wildman–Crippen LogP) is 4.19. The molecule has 0 bridgehead atoms. The molecular weight excluding hydrogens is 340 g/mol. The minimum absolute atomic E-state index is 0.0626. The minimum atomic E-state index is -3.76. The highest BCUT2D eigenvalue weighted by Crippen LogP contribution is 2.26. The smallest absolute Gasteiger partial charge is 0.267 e. The summed E-state index contributed by atoms with van der Waals surface area (Å²) in [6.07, 6.45) is 0. The second-order valence-corrected chi connectivity index (χ2v) is 7.32. The Hall–Kier alpha value is -2.80. The van der Waals surface area contributed by atoms with Gasteiger partial charge in [0.15, 0.2) is 10.7 Å². The van der Waals surface area contributed by atoms with E-state index >= 15 is 0 Å². The normalized spacial score (nSPS) is 11.3. The van der Waals surface area contributed by atoms with Crippen LogP contribution >= 0.6 is 0 Å². The summed E-state index contributed by atoms with van der Waals surface area (Å²) in [6.45, 7) is 5.14. The van der Waals surface area contributed by atoms with E-state index < -0.39 is 10.0 Å². The summed E-state index contributed by atoms with van der Waals surface area (Å²) >= 11 is 0. The number of aryl methyl sites for hydroxylation is 3. The van der Waals surface area contributed by atoms with Crippen molar-refractivity contribution in [2.45, 2.75) is 25.7 Å². The Labute approximate surface area is 146 Å². The van der Waals surface area contributed by atoms with Gasteiger partial charge in [0.25, 0.3) is 10.0 Å². The zero-order valence-electron chi connectivity index (χ0n) is 14.1. The zero-order valence-corrected chi connectivity index (χ0v) is 14.9. The van der Waals surface area contributed by atoms with Crippen LogP contribution < -0.4 is 9.46 Å². The van der Waals surface area contributed by atoms with Gasteiger partial charge >= 0.3 is 0 Å². The molecule has 0 atom stereocenters. The first kappa shape index (κ1) is 17.0. The Bertz CT molecular complexity index is 973. The fraction of sp³-hybridized carbons (Fsp3) is 0.167. The Morgan fingerprint density at radius 1 is 1.00 bits per heavy atom. The van der Waals surface area contributed by atoms with Crippen LogP contribution in [0.4, 0.5) is 5.69 Å². The highest BCUT2D eigenvalue weighted by molar-refractivity contribution is 7.92. The van der Waals surface area contributed by atoms with Crippen molar-refractivity contribution in [3.05, 3.63) is 65.5 Å². The first-order valence-electron chi connectivity index (χ1n) is 7.65. The molecule has 0 fully saturated rings. The summed E-state index contributed by atoms with van der Waals surface area (Å²) in [5.74, 6) is 1.60. The quantitative estimate of drug-likeness (QED) is 0.739. The maximum absolute atomic E-state index is 12.5. The number of nitrogens with zero attached hydrogens (tertiary/aromatic N) is 1. The van der Waals surface area contributed by atoms with Crippen molar-refractivity contribution in [3.63, 3.8) is 0 Å². The second kappa shape index (κ2) is 6.60. The summed E-state index contributed by atoms with van der Waals surface area (Å²) in [4.78, 5) is 0.0626. The average Bonchev–Trinajstić information content (AvgIpc) is 2.89. The monoisotopic (exact) mass is 358 g/mol. The van der Waals surface area contributed by atoms with Crippen LogP contribution in [0.25, 0.3) is 0 Å². The number of anilines is 1. The number of nitrogens with one attached hydrogen (secondary N) is 1. The topological polar surface area (TPSA) is 81.4 Å². The number of hydrogen-bond donors (Lipinski definition) is 1. The van der Waals surface area contributed by atoms with E-state index in [0.29, 0.717) is 17.1 Å². The van der Waals surface area contributed by atoms with E-state index in [0.717, 1.165) is 11.3 Å². The Morgan fingerprint density at radius 3 is 2.32 bits per heavy atom. The molecular formula is C18H18N2O4S. The van der Waals surface area contributed by atoms with Gasteiger partial charge in [-0.3, -0.25) is 4.72 Å². The molecule has 0 spiro atoms. The van der Waals surface area contributed by atoms with Gasteiger partial charge in [0.05, 0.1) is 0 Å². The van der Waals surface area contributed by atoms with E-state index in [1.165, 1.54) is 0 Å². The molecule has 6 nitrogen and oxygen atoms in total. The molecule has 0 amide bonds. The SMILES string of the molecule is Cc1cccc(Oc2ccc(NS(=O)(=O)c3c(C)noc3C)cc2)c1. The molecule has 0 saturated heterocycles. The molecule has 2 aromatic carbocycles. The lowest BCUT2D eigenvalue weighted by atomic mass is 10.2. The standard InChI is InChI=1S/C18H18N2O4S/c1-12-5-4-6-17(11-12)23-16-9-7-15(8-10-16)20-25(21,22)18-13(2)19-24-14(18)3/h4-11,20H,1-3H3. The van der Waals surface area contributed by atoms with Gasteiger partial charge in [-0.2, -0.15) is 0 Å². The summed E-state index contributed by atoms with van der Waals surface area (Å²) in [6, 6.07) is 14.4. The molecule has 7 heteroatoms. The number of benzene rings is 2. The summed E-state index contributed by atoms with van der Waals surface area (Å²) in [5.41, 5.74) is 1.85. The first-order chi connectivity index (χ1) is 11.8. The van der Waals surface area contributed by atoms with Crippen molar-refractivity contribution in [1.82, 2.24) is 5.16 Å². The fourth-order valence-corrected chi connectivity index (χ4v) is 3.86. The van der Waals surface area contributed by atoms with Crippen LogP contribution in [0.2, 0.25) is 0 Å². The number of rotatable bonds is 5. The van der Waals surface area contributed by atoms with Gasteiger partial charge in [-0.25, -0.2) is 8.42 Å². The lowest BCUT2D eigenvalue weighted by molar-refractivity contribution is 0.390. The zero-order chi connectivity index (χ0) is 18.0. The Balaban J connectivity index is 1.77. The van der Waals surface area contributed by atoms with Crippen LogP contribution in [0.5, 0.6) is 11.5 Å². The third kappa shape index (κ3) is 3.83. The molecule has 1 N–H and O–H groups in total. The van der Waals surface area contributed by atoms with Crippen molar-refractivity contribution < 1.29 is 17.7 Å². The predicted molar refractivity (Wildman–Crippen MR) is 94.5 cm³/mol. The molecule has 0 unspecified atom stereocenters. The number of aromatic nitrogens is 1. The Morgan fingerprint density at radius 2 is 1.72 bits per heavy atom. The van der Waals surface area contributed by atoms with Crippen molar-refractivity contribution in [2.75, 3.05) is 4.72 Å². The van der Waals surface area contributed by atoms with Crippen LogP contribution in [0.1, 0.15) is 17.0 Å². The minimum Gasteiger partial charge on any atom is -0.457 e. The molecule has 3 rings (SSSR count). The summed E-state index contributed by atoms with van der Waals surface area (Å²) in [5, 5.41) is 3.68. The highest BCUT2D eigenvalue weighted by atomic mass is 32.2. The molecule has 1 heterocycles. The molecule has 0 aliphatic rings. The second-order valence-electron chi connectivity index (χ2n) is 5.70. The molecule has 0 aliphatic heterocycles. The van der Waals surface area contributed by atoms with E-state index in [1.807, 2.05) is 31.2 Å². The maximum atomic E-state index is 12.5. The molecule has 0 radical (unpaired) electrons. The van der Waals surface area contributed by atoms with E-state index in [1.54, 1.807) is 38.1 Å². The van der Waals surface area contributed by atoms with Crippen molar-refractivity contribution in [2.24, 2.45) is 0 Å². The molecule has 1 aromatic heterocycles. The van der Waals surface area contributed by atoms with Crippen LogP contribution in [0, 0.1) is 20.8 Å². The van der Waals surface area contributed by atoms with Gasteiger partial charge in [-0.05, 0) is 62.7 Å². The van der Waals surface area contributed by atoms with Crippen molar-refractivity contribution in [1.29, 1.82) is 0 Å². The van der Waals surface area contributed by atoms with Crippen LogP contribution in [0.15, 0.2) is 57.9 Å². The molecule has 0 aliphatic carbocycles. The third-order valence-electron chi connectivity index (χ3n) is 3.57. The third-order valence-corrected chi connectivity index (χ3v) is 5.19. The molecule has 0 saturated carbocycles. The largest absolute Gasteiger partial charge is 0.457 e. The average molecular weight is 358 g/mol. The van der Waals surface area contributed by atoms with Gasteiger partial charge in [0.1, 0.15) is 17.2 Å². The van der Waals surface area contributed by atoms with Gasteiger partial charge < -0.3 is 9.26 Å². The first-order valence-corrected chi connectivity index (χ1v) is 9.14. The van der Waals surface area contributed by atoms with Crippen LogP contribution in [-0.4, -0.2) is 13.6 Å². The van der Waals surface area contributed by atoms with E-state index in [-0.39, 0.29) is 10.7 Å². The van der Waals surface area contributed by atoms with Crippen LogP contribution in [-0.2, 0) is 10.0 Å². The molecule has 3 aromatic rings. The Kier molecular flexibility index (Phi) is 4.50. The molecule has 25 heavy (non-hydrogen) atoms. The summed E-state index contributed by atoms with van der Waals surface area (Å²) in [7, 11) is -3.76. The van der Waals surface area contributed by atoms with Gasteiger partial charge in [0.2, 0.25) is 0 Å². The van der Waals surface area contributed by atoms with Crippen LogP contribution in [0.3, 0.4) is 0 Å². The van der Waals surface area contributed by atoms with E-state index in [4.69, 9.17) is 9.26 Å². The van der Waals surface area contributed by atoms with E-state index in [9.17, 15) is 8.42 Å². The maximum Gasteiger partial charge on any atom is 0.267 e.